The number of ether oxygens (including phenoxy) is 2. The van der Waals surface area contributed by atoms with Crippen molar-refractivity contribution in [2.45, 2.75) is 0 Å². The lowest BCUT2D eigenvalue weighted by Gasteiger charge is -2.19. The molecule has 0 bridgehead atoms. The van der Waals surface area contributed by atoms with Crippen LogP contribution >= 0.6 is 0 Å². The summed E-state index contributed by atoms with van der Waals surface area (Å²) < 4.78 is 11.1. The van der Waals surface area contributed by atoms with Crippen molar-refractivity contribution in [3.63, 3.8) is 0 Å². The second kappa shape index (κ2) is 4.37. The maximum Gasteiger partial charge on any atom is 0.163 e. The number of fused-ring (bicyclic) bond motifs is 2. The number of rotatable bonds is 2. The van der Waals surface area contributed by atoms with Gasteiger partial charge in [-0.2, -0.15) is 5.10 Å². The van der Waals surface area contributed by atoms with Crippen molar-refractivity contribution in [2.24, 2.45) is 0 Å². The number of H-pyrrole nitrogens is 1. The fraction of sp³-hybridized carbons (Fsp3) is 0.154. The van der Waals surface area contributed by atoms with E-state index in [1.807, 2.05) is 18.2 Å². The summed E-state index contributed by atoms with van der Waals surface area (Å²) in [5, 5.41) is 10.8. The van der Waals surface area contributed by atoms with Crippen LogP contribution in [-0.4, -0.2) is 33.4 Å². The lowest BCUT2D eigenvalue weighted by molar-refractivity contribution is 0.171. The maximum atomic E-state index is 5.56. The van der Waals surface area contributed by atoms with Crippen molar-refractivity contribution < 1.29 is 9.47 Å². The van der Waals surface area contributed by atoms with E-state index in [2.05, 4.69) is 25.5 Å². The summed E-state index contributed by atoms with van der Waals surface area (Å²) in [7, 11) is 0. The Morgan fingerprint density at radius 1 is 1.10 bits per heavy atom. The summed E-state index contributed by atoms with van der Waals surface area (Å²) in [5.74, 6) is 2.19. The monoisotopic (exact) mass is 269 g/mol. The van der Waals surface area contributed by atoms with Crippen molar-refractivity contribution in [3.05, 3.63) is 30.7 Å². The highest BCUT2D eigenvalue weighted by Gasteiger charge is 2.12. The number of nitrogens with one attached hydrogen (secondary N) is 2. The Balaban J connectivity index is 1.70. The Kier molecular flexibility index (Phi) is 2.41. The first-order valence-electron chi connectivity index (χ1n) is 6.21. The highest BCUT2D eigenvalue weighted by Crippen LogP contribution is 2.33. The number of benzene rings is 1. The molecule has 20 heavy (non-hydrogen) atoms. The van der Waals surface area contributed by atoms with Crippen LogP contribution in [-0.2, 0) is 0 Å². The van der Waals surface area contributed by atoms with Gasteiger partial charge in [-0.15, -0.1) is 0 Å². The molecular formula is C13H11N5O2. The van der Waals surface area contributed by atoms with Crippen LogP contribution < -0.4 is 14.8 Å². The SMILES string of the molecule is c1nc(Nc2ccc3c(c2)OCCO3)c2cn[nH]c2n1. The van der Waals surface area contributed by atoms with Crippen LogP contribution in [0.3, 0.4) is 0 Å². The Morgan fingerprint density at radius 3 is 2.95 bits per heavy atom. The van der Waals surface area contributed by atoms with Crippen LogP contribution in [0.2, 0.25) is 0 Å². The van der Waals surface area contributed by atoms with Gasteiger partial charge in [0.05, 0.1) is 11.6 Å². The predicted octanol–water partition coefficient (Wildman–Crippen LogP) is 1.87. The van der Waals surface area contributed by atoms with Gasteiger partial charge in [-0.25, -0.2) is 9.97 Å². The van der Waals surface area contributed by atoms with Crippen molar-refractivity contribution in [1.29, 1.82) is 0 Å². The molecule has 0 fully saturated rings. The van der Waals surface area contributed by atoms with Crippen LogP contribution in [0.15, 0.2) is 30.7 Å². The van der Waals surface area contributed by atoms with E-state index in [1.165, 1.54) is 6.33 Å². The smallest absolute Gasteiger partial charge is 0.163 e. The molecule has 2 N–H and O–H groups in total. The van der Waals surface area contributed by atoms with Gasteiger partial charge >= 0.3 is 0 Å². The zero-order valence-corrected chi connectivity index (χ0v) is 10.5. The number of hydrogen-bond acceptors (Lipinski definition) is 6. The molecule has 7 heteroatoms. The molecule has 0 aliphatic carbocycles. The minimum atomic E-state index is 0.565. The number of nitrogens with zero attached hydrogens (tertiary/aromatic N) is 3. The van der Waals surface area contributed by atoms with Crippen LogP contribution in [0.25, 0.3) is 11.0 Å². The molecule has 0 amide bonds. The van der Waals surface area contributed by atoms with E-state index in [1.54, 1.807) is 6.20 Å². The molecule has 100 valence electrons. The molecule has 3 heterocycles. The lowest BCUT2D eigenvalue weighted by Crippen LogP contribution is -2.15. The number of hydrogen-bond donors (Lipinski definition) is 2. The fourth-order valence-electron chi connectivity index (χ4n) is 2.12. The largest absolute Gasteiger partial charge is 0.486 e. The van der Waals surface area contributed by atoms with E-state index in [-0.39, 0.29) is 0 Å². The predicted molar refractivity (Wildman–Crippen MR) is 72.4 cm³/mol. The average molecular weight is 269 g/mol. The second-order valence-electron chi connectivity index (χ2n) is 4.34. The van der Waals surface area contributed by atoms with Gasteiger partial charge in [0.25, 0.3) is 0 Å². The molecule has 4 rings (SSSR count). The summed E-state index contributed by atoms with van der Waals surface area (Å²) in [6.45, 7) is 1.15. The molecule has 0 unspecified atom stereocenters. The van der Waals surface area contributed by atoms with E-state index in [0.29, 0.717) is 24.7 Å². The molecule has 1 aliphatic rings. The molecular weight excluding hydrogens is 258 g/mol. The van der Waals surface area contributed by atoms with E-state index >= 15 is 0 Å². The molecule has 3 aromatic rings. The van der Waals surface area contributed by atoms with Crippen LogP contribution in [0.1, 0.15) is 0 Å². The Bertz CT molecular complexity index is 770. The molecule has 0 saturated heterocycles. The third-order valence-corrected chi connectivity index (χ3v) is 3.05. The average Bonchev–Trinajstić information content (AvgIpc) is 2.97. The summed E-state index contributed by atoms with van der Waals surface area (Å²) in [4.78, 5) is 8.33. The van der Waals surface area contributed by atoms with Crippen molar-refractivity contribution >= 4 is 22.5 Å². The van der Waals surface area contributed by atoms with Crippen LogP contribution in [0, 0.1) is 0 Å². The van der Waals surface area contributed by atoms with Crippen molar-refractivity contribution in [1.82, 2.24) is 20.2 Å². The molecule has 0 saturated carbocycles. The third kappa shape index (κ3) is 1.80. The van der Waals surface area contributed by atoms with Gasteiger partial charge in [0.2, 0.25) is 0 Å². The molecule has 2 aromatic heterocycles. The Morgan fingerprint density at radius 2 is 2.00 bits per heavy atom. The van der Waals surface area contributed by atoms with E-state index in [9.17, 15) is 0 Å². The lowest BCUT2D eigenvalue weighted by atomic mass is 10.2. The van der Waals surface area contributed by atoms with Crippen LogP contribution in [0.5, 0.6) is 11.5 Å². The fourth-order valence-corrected chi connectivity index (χ4v) is 2.12. The Labute approximate surface area is 114 Å². The number of aromatic nitrogens is 4. The van der Waals surface area contributed by atoms with Crippen LogP contribution in [0.4, 0.5) is 11.5 Å². The number of aromatic amines is 1. The topological polar surface area (TPSA) is 85.0 Å². The molecule has 0 spiro atoms. The zero-order chi connectivity index (χ0) is 13.4. The third-order valence-electron chi connectivity index (χ3n) is 3.05. The van der Waals surface area contributed by atoms with Gasteiger partial charge in [0.1, 0.15) is 25.4 Å². The van der Waals surface area contributed by atoms with Gasteiger partial charge in [-0.1, -0.05) is 0 Å². The quantitative estimate of drug-likeness (QED) is 0.738. The highest BCUT2D eigenvalue weighted by atomic mass is 16.6. The first kappa shape index (κ1) is 11.0. The van der Waals surface area contributed by atoms with Gasteiger partial charge in [-0.3, -0.25) is 5.10 Å². The van der Waals surface area contributed by atoms with E-state index < -0.39 is 0 Å². The van der Waals surface area contributed by atoms with Gasteiger partial charge < -0.3 is 14.8 Å². The minimum Gasteiger partial charge on any atom is -0.486 e. The first-order chi connectivity index (χ1) is 9.90. The van der Waals surface area contributed by atoms with Gasteiger partial charge in [0, 0.05) is 11.8 Å². The molecule has 0 atom stereocenters. The van der Waals surface area contributed by atoms with E-state index in [4.69, 9.17) is 9.47 Å². The summed E-state index contributed by atoms with van der Waals surface area (Å²) in [6, 6.07) is 5.69. The van der Waals surface area contributed by atoms with E-state index in [0.717, 1.165) is 22.6 Å². The molecule has 1 aromatic carbocycles. The number of anilines is 2. The zero-order valence-electron chi connectivity index (χ0n) is 10.5. The molecule has 7 nitrogen and oxygen atoms in total. The molecule has 1 aliphatic heterocycles. The minimum absolute atomic E-state index is 0.565. The summed E-state index contributed by atoms with van der Waals surface area (Å²) in [6.07, 6.45) is 3.18. The normalized spacial score (nSPS) is 13.4. The van der Waals surface area contributed by atoms with Gasteiger partial charge in [-0.05, 0) is 12.1 Å². The second-order valence-corrected chi connectivity index (χ2v) is 4.34. The Hall–Kier alpha value is -2.83. The summed E-state index contributed by atoms with van der Waals surface area (Å²) in [5.41, 5.74) is 1.57. The first-order valence-corrected chi connectivity index (χ1v) is 6.21. The van der Waals surface area contributed by atoms with Crippen molar-refractivity contribution in [2.75, 3.05) is 18.5 Å². The molecule has 0 radical (unpaired) electrons. The van der Waals surface area contributed by atoms with Crippen molar-refractivity contribution in [3.8, 4) is 11.5 Å². The maximum absolute atomic E-state index is 5.56. The summed E-state index contributed by atoms with van der Waals surface area (Å²) >= 11 is 0. The van der Waals surface area contributed by atoms with Gasteiger partial charge in [0.15, 0.2) is 17.1 Å². The standard InChI is InChI=1S/C13H11N5O2/c1-2-10-11(20-4-3-19-10)5-8(1)17-12-9-6-16-18-13(9)15-7-14-12/h1-2,5-7H,3-4H2,(H2,14,15,16,17,18). The highest BCUT2D eigenvalue weighted by molar-refractivity contribution is 5.87.